The Bertz CT molecular complexity index is 768. The summed E-state index contributed by atoms with van der Waals surface area (Å²) in [5.74, 6) is 1.05. The second-order valence-corrected chi connectivity index (χ2v) is 16.6. The maximum atomic E-state index is 10.2. The number of rotatable bonds is 5. The third kappa shape index (κ3) is 43.9. The van der Waals surface area contributed by atoms with E-state index in [-0.39, 0.29) is 24.6 Å². The van der Waals surface area contributed by atoms with Crippen LogP contribution in [0, 0.1) is 40.9 Å². The Morgan fingerprint density at radius 1 is 1.00 bits per heavy atom. The molecule has 0 saturated carbocycles. The summed E-state index contributed by atoms with van der Waals surface area (Å²) < 4.78 is 3.96. The molecule has 0 aliphatic rings. The number of aryl methyl sites for hydroxylation is 2. The standard InChI is InChI=1S/2C8H7N.C6H13NOS.C2H4I2.C2H5I.C2H4I.V/c2*1-7-2-4-8(6-9)5-3-7;1-7-6(5-8)3-4-9-2;1-2(3)4;2*1-2-3;/h2*2-5H,1H3;5-7H,3-4H2,1-2H3;2H,1H3;2H2,1H3;2H,1H3;/q;;;;;-1;/t;;6-;;;;/m..0..../s1. The summed E-state index contributed by atoms with van der Waals surface area (Å²) >= 11 is 10.9. The van der Waals surface area contributed by atoms with E-state index in [1.807, 2.05) is 80.0 Å². The number of carbonyl (C=O) groups excluding carboxylic acids is 1. The molecule has 0 saturated heterocycles. The normalized spacial score (nSPS) is 9.00. The smallest absolute Gasteiger partial charge is 0.136 e. The molecule has 4 nitrogen and oxygen atoms in total. The molecule has 1 atom stereocenters. The Labute approximate surface area is 303 Å². The van der Waals surface area contributed by atoms with E-state index in [0.717, 1.165) is 31.5 Å². The largest absolute Gasteiger partial charge is 0.316 e. The van der Waals surface area contributed by atoms with Crippen LogP contribution in [0.4, 0.5) is 0 Å². The van der Waals surface area contributed by atoms with Crippen LogP contribution in [0.3, 0.4) is 0 Å². The second kappa shape index (κ2) is 40.0. The number of alkyl halides is 3. The molecule has 0 unspecified atom stereocenters. The van der Waals surface area contributed by atoms with Crippen molar-refractivity contribution in [1.82, 2.24) is 5.32 Å². The van der Waals surface area contributed by atoms with Gasteiger partial charge in [-0.2, -0.15) is 29.2 Å². The summed E-state index contributed by atoms with van der Waals surface area (Å²) in [5.41, 5.74) is 3.82. The van der Waals surface area contributed by atoms with Crippen LogP contribution in [0.25, 0.3) is 0 Å². The fourth-order valence-electron chi connectivity index (χ4n) is 1.78. The number of hydrogen-bond acceptors (Lipinski definition) is 5. The molecule has 0 heterocycles. The molecular weight excluding hydrogens is 985 g/mol. The molecule has 2 aromatic rings. The molecule has 0 spiro atoms. The van der Waals surface area contributed by atoms with E-state index in [2.05, 4.69) is 122 Å². The topological polar surface area (TPSA) is 76.7 Å². The van der Waals surface area contributed by atoms with Crippen LogP contribution in [0.5, 0.6) is 0 Å². The van der Waals surface area contributed by atoms with Crippen molar-refractivity contribution < 1.29 is 23.4 Å². The monoisotopic (exact) mass is 1020 g/mol. The molecule has 213 valence electrons. The zero-order valence-corrected chi connectivity index (χ0v) is 34.1. The van der Waals surface area contributed by atoms with E-state index in [9.17, 15) is 4.79 Å². The molecule has 1 N–H and O–H groups in total. The Morgan fingerprint density at radius 3 is 1.47 bits per heavy atom. The number of aldehydes is 1. The van der Waals surface area contributed by atoms with Gasteiger partial charge in [-0.1, -0.05) is 110 Å². The molecule has 2 rings (SSSR count). The van der Waals surface area contributed by atoms with Gasteiger partial charge in [0.05, 0.1) is 31.2 Å². The first kappa shape index (κ1) is 48.6. The predicted octanol–water partition coefficient (Wildman–Crippen LogP) is 9.50. The van der Waals surface area contributed by atoms with E-state index < -0.39 is 0 Å². The molecule has 0 amide bonds. The number of nitrogens with one attached hydrogen (secondary N) is 1. The molecule has 1 radical (unpaired) electrons. The minimum Gasteiger partial charge on any atom is -0.316 e. The van der Waals surface area contributed by atoms with Crippen molar-refractivity contribution in [3.05, 3.63) is 75.2 Å². The van der Waals surface area contributed by atoms with Gasteiger partial charge in [0.2, 0.25) is 0 Å². The first-order valence-corrected chi connectivity index (χ1v) is 18.0. The van der Waals surface area contributed by atoms with Crippen LogP contribution in [0.15, 0.2) is 48.5 Å². The van der Waals surface area contributed by atoms with Crippen LogP contribution in [0.2, 0.25) is 0 Å². The minimum absolute atomic E-state index is 0. The molecule has 2 aromatic carbocycles. The van der Waals surface area contributed by atoms with Crippen molar-refractivity contribution in [3.8, 4) is 12.1 Å². The minimum atomic E-state index is 0. The Hall–Kier alpha value is 0.904. The van der Waals surface area contributed by atoms with Gasteiger partial charge in [-0.25, -0.2) is 0 Å². The summed E-state index contributed by atoms with van der Waals surface area (Å²) in [6.45, 7) is 10.2. The van der Waals surface area contributed by atoms with Crippen LogP contribution < -0.4 is 5.32 Å². The third-order valence-electron chi connectivity index (χ3n) is 3.53. The summed E-state index contributed by atoms with van der Waals surface area (Å²) in [6.07, 6.45) is 3.93. The van der Waals surface area contributed by atoms with Crippen LogP contribution in [0.1, 0.15) is 49.4 Å². The first-order valence-electron chi connectivity index (χ1n) is 11.3. The number of hydrogen-bond donors (Lipinski definition) is 1. The van der Waals surface area contributed by atoms with Crippen molar-refractivity contribution in [2.24, 2.45) is 0 Å². The number of benzene rings is 2. The molecule has 0 aliphatic heterocycles. The second-order valence-electron chi connectivity index (χ2n) is 6.77. The number of halogens is 4. The Morgan fingerprint density at radius 2 is 1.29 bits per heavy atom. The fourth-order valence-corrected chi connectivity index (χ4v) is 2.27. The Kier molecular flexibility index (Phi) is 51.2. The number of nitriles is 2. The van der Waals surface area contributed by atoms with Crippen molar-refractivity contribution in [3.63, 3.8) is 0 Å². The predicted molar refractivity (Wildman–Crippen MR) is 200 cm³/mol. The molecular formula is C28H40I4N3OSV-. The number of thioether (sulfide) groups is 1. The van der Waals surface area contributed by atoms with E-state index >= 15 is 0 Å². The van der Waals surface area contributed by atoms with Crippen LogP contribution in [-0.2, 0) is 23.4 Å². The number of nitrogens with zero attached hydrogens (tertiary/aromatic N) is 2. The SMILES string of the molecule is CC(I)I.CCI.CN[C@H](C=O)CCSC.C[CH-]I.Cc1ccc(C#N)cc1.Cc1ccc(C#N)cc1.[V]. The van der Waals surface area contributed by atoms with Gasteiger partial charge in [-0.3, -0.25) is 4.43 Å². The zero-order chi connectivity index (χ0) is 29.5. The van der Waals surface area contributed by atoms with Gasteiger partial charge in [-0.15, -0.1) is 0 Å². The summed E-state index contributed by atoms with van der Waals surface area (Å²) in [7, 11) is 1.80. The van der Waals surface area contributed by atoms with Gasteiger partial charge < -0.3 is 32.7 Å². The summed E-state index contributed by atoms with van der Waals surface area (Å²) in [5, 5.41) is 19.7. The fraction of sp³-hybridized carbons (Fsp3) is 0.429. The number of likely N-dealkylation sites (N-methyl/N-ethyl adjacent to an activating group) is 1. The Balaban J connectivity index is -0.000000121. The van der Waals surface area contributed by atoms with Crippen molar-refractivity contribution in [2.45, 2.75) is 49.0 Å². The molecule has 10 heteroatoms. The first-order chi connectivity index (χ1) is 17.6. The number of carbonyl (C=O) groups is 1. The van der Waals surface area contributed by atoms with Crippen molar-refractivity contribution >= 4 is 108 Å². The molecule has 0 bridgehead atoms. The van der Waals surface area contributed by atoms with Gasteiger partial charge >= 0.3 is 0 Å². The van der Waals surface area contributed by atoms with E-state index in [1.54, 1.807) is 18.8 Å². The average Bonchev–Trinajstić information content (AvgIpc) is 2.87. The quantitative estimate of drug-likeness (QED) is 0.140. The van der Waals surface area contributed by atoms with Gasteiger partial charge in [0, 0.05) is 18.6 Å². The van der Waals surface area contributed by atoms with Crippen LogP contribution in [-0.4, -0.2) is 37.7 Å². The molecule has 0 aliphatic carbocycles. The third-order valence-corrected chi connectivity index (χ3v) is 4.17. The van der Waals surface area contributed by atoms with Crippen molar-refractivity contribution in [2.75, 3.05) is 23.5 Å². The van der Waals surface area contributed by atoms with E-state index in [0.29, 0.717) is 0 Å². The van der Waals surface area contributed by atoms with Gasteiger partial charge in [0.1, 0.15) is 6.29 Å². The maximum absolute atomic E-state index is 10.2. The molecule has 38 heavy (non-hydrogen) atoms. The summed E-state index contributed by atoms with van der Waals surface area (Å²) in [4.78, 5) is 10.2. The van der Waals surface area contributed by atoms with E-state index in [4.69, 9.17) is 10.5 Å². The molecule has 0 fully saturated rings. The summed E-state index contributed by atoms with van der Waals surface area (Å²) in [6, 6.07) is 19.1. The van der Waals surface area contributed by atoms with Crippen molar-refractivity contribution in [1.29, 1.82) is 10.5 Å². The molecule has 0 aromatic heterocycles. The van der Waals surface area contributed by atoms with E-state index in [1.165, 1.54) is 15.6 Å². The van der Waals surface area contributed by atoms with Gasteiger partial charge in [0.15, 0.2) is 0 Å². The average molecular weight is 1030 g/mol. The van der Waals surface area contributed by atoms with Gasteiger partial charge in [0.25, 0.3) is 0 Å². The zero-order valence-electron chi connectivity index (χ0n) is 23.2. The van der Waals surface area contributed by atoms with Gasteiger partial charge in [-0.05, 0) is 74.9 Å². The maximum Gasteiger partial charge on any atom is 0.136 e. The van der Waals surface area contributed by atoms with Crippen LogP contribution >= 0.6 is 102 Å².